The standard InChI is InChI=1S/C31H29.C10H14.C5H5.2ClH.Ti/c1-30(2,24-11-7-5-8-12-24)26-15-17-28-22(20-26)19-23-21-27(16-18-29(23)28)31(3,4)25-13-9-6-10-14-25;1-7-2-9-4-8(1)5-10(3-7)6-9;1-2-4-5-3-1;;;/h5-21H,1-4H3;7-10H,1-5H2;1-3H,4H2;2*1H;/q-1;;-1;;;+2/p-2. The molecule has 4 fully saturated rings. The number of hydrogen-bond donors (Lipinski definition) is 0. The molecule has 0 spiro atoms. The summed E-state index contributed by atoms with van der Waals surface area (Å²) < 4.78 is 1.87. The van der Waals surface area contributed by atoms with Gasteiger partial charge in [-0.05, 0) is 11.1 Å². The Kier molecular flexibility index (Phi) is 12.1. The van der Waals surface area contributed by atoms with Crippen LogP contribution >= 0.6 is 0 Å². The van der Waals surface area contributed by atoms with Crippen molar-refractivity contribution in [1.29, 1.82) is 0 Å². The average molecular weight is 720 g/mol. The van der Waals surface area contributed by atoms with E-state index in [4.69, 9.17) is 0 Å². The predicted octanol–water partition coefficient (Wildman–Crippen LogP) is 5.84. The van der Waals surface area contributed by atoms with E-state index in [1.54, 1.807) is 32.1 Å². The molecule has 0 saturated heterocycles. The number of allylic oxidation sites excluding steroid dienone is 4. The van der Waals surface area contributed by atoms with Crippen molar-refractivity contribution >= 4 is 25.4 Å². The summed E-state index contributed by atoms with van der Waals surface area (Å²) in [7, 11) is 0. The molecule has 5 aliphatic carbocycles. The first-order valence-corrected chi connectivity index (χ1v) is 18.5. The summed E-state index contributed by atoms with van der Waals surface area (Å²) in [5.41, 5.74) is 5.34. The first-order valence-electron chi connectivity index (χ1n) is 17.8. The molecule has 4 saturated carbocycles. The Hall–Kier alpha value is -2.61. The molecule has 0 aromatic heterocycles. The van der Waals surface area contributed by atoms with Crippen LogP contribution < -0.4 is 24.8 Å². The van der Waals surface area contributed by atoms with Gasteiger partial charge < -0.3 is 24.8 Å². The second kappa shape index (κ2) is 15.7. The number of fused-ring (bicyclic) bond motifs is 3. The normalized spacial score (nSPS) is 21.8. The Labute approximate surface area is 318 Å². The molecular weight excluding hydrogens is 671 g/mol. The SMILES string of the molecule is CC(C)(c1ccccc1)c1ccc2c(c1)[cH-]c1cc(C(C)(C)c3ccccc3)ccc12.[C-]1=CC=CC1.[Cl-].[Cl-].[Ti+2]=[C]1C2CC3CC(C2)CC1C3. The van der Waals surface area contributed by atoms with Gasteiger partial charge in [-0.1, -0.05) is 124 Å². The monoisotopic (exact) mass is 718 g/mol. The number of benzene rings is 4. The zero-order chi connectivity index (χ0) is 32.6. The second-order valence-electron chi connectivity index (χ2n) is 15.5. The van der Waals surface area contributed by atoms with Gasteiger partial charge in [0.1, 0.15) is 0 Å². The summed E-state index contributed by atoms with van der Waals surface area (Å²) in [6.45, 7) is 9.25. The van der Waals surface area contributed by atoms with Gasteiger partial charge in [0.2, 0.25) is 0 Å². The van der Waals surface area contributed by atoms with Gasteiger partial charge in [0.15, 0.2) is 0 Å². The van der Waals surface area contributed by atoms with E-state index in [1.807, 2.05) is 16.0 Å². The van der Waals surface area contributed by atoms with Crippen LogP contribution in [0.5, 0.6) is 0 Å². The molecule has 5 aromatic carbocycles. The van der Waals surface area contributed by atoms with Crippen molar-refractivity contribution in [3.63, 3.8) is 0 Å². The summed E-state index contributed by atoms with van der Waals surface area (Å²) in [5.74, 6) is 4.40. The van der Waals surface area contributed by atoms with E-state index >= 15 is 0 Å². The van der Waals surface area contributed by atoms with Crippen LogP contribution in [0.3, 0.4) is 0 Å². The second-order valence-corrected chi connectivity index (χ2v) is 16.4. The molecule has 0 unspecified atom stereocenters. The minimum absolute atomic E-state index is 0. The van der Waals surface area contributed by atoms with Crippen LogP contribution in [-0.2, 0) is 30.8 Å². The van der Waals surface area contributed by atoms with Gasteiger partial charge in [-0.15, -0.1) is 46.2 Å². The Morgan fingerprint density at radius 2 is 1.04 bits per heavy atom. The fourth-order valence-corrected chi connectivity index (χ4v) is 9.61. The van der Waals surface area contributed by atoms with Crippen molar-refractivity contribution in [2.45, 2.75) is 77.0 Å². The number of hydrogen-bond acceptors (Lipinski definition) is 0. The minimum atomic E-state index is -0.0284. The van der Waals surface area contributed by atoms with Crippen LogP contribution in [0.1, 0.15) is 88.5 Å². The zero-order valence-corrected chi connectivity index (χ0v) is 32.4. The summed E-state index contributed by atoms with van der Waals surface area (Å²) in [4.78, 5) is 0. The molecule has 252 valence electrons. The van der Waals surface area contributed by atoms with E-state index in [0.29, 0.717) is 0 Å². The Balaban J connectivity index is 0.000000212. The fraction of sp³-hybridized carbons (Fsp3) is 0.348. The Morgan fingerprint density at radius 3 is 1.41 bits per heavy atom. The summed E-state index contributed by atoms with van der Waals surface area (Å²) in [6.07, 6.45) is 17.8. The van der Waals surface area contributed by atoms with Crippen LogP contribution in [0.25, 0.3) is 21.5 Å². The first kappa shape index (κ1) is 37.6. The topological polar surface area (TPSA) is 0 Å². The van der Waals surface area contributed by atoms with Crippen molar-refractivity contribution < 1.29 is 44.8 Å². The molecule has 5 aliphatic rings. The van der Waals surface area contributed by atoms with Gasteiger partial charge in [-0.3, -0.25) is 6.08 Å². The fourth-order valence-electron chi connectivity index (χ4n) is 8.87. The zero-order valence-electron chi connectivity index (χ0n) is 29.4. The van der Waals surface area contributed by atoms with E-state index in [1.165, 1.54) is 43.8 Å². The van der Waals surface area contributed by atoms with Crippen molar-refractivity contribution in [2.24, 2.45) is 23.7 Å². The van der Waals surface area contributed by atoms with E-state index < -0.39 is 0 Å². The summed E-state index contributed by atoms with van der Waals surface area (Å²) in [6, 6.07) is 37.9. The van der Waals surface area contributed by atoms with E-state index in [9.17, 15) is 0 Å². The average Bonchev–Trinajstić information content (AvgIpc) is 3.79. The van der Waals surface area contributed by atoms with Crippen LogP contribution in [-0.4, -0.2) is 3.81 Å². The maximum absolute atomic E-state index is 2.99. The summed E-state index contributed by atoms with van der Waals surface area (Å²) >= 11 is 2.42. The Bertz CT molecular complexity index is 1780. The van der Waals surface area contributed by atoms with E-state index in [2.05, 4.69) is 163 Å². The van der Waals surface area contributed by atoms with Gasteiger partial charge >= 0.3 is 79.6 Å². The molecule has 0 nitrogen and oxygen atoms in total. The van der Waals surface area contributed by atoms with Crippen molar-refractivity contribution in [2.75, 3.05) is 0 Å². The first-order chi connectivity index (χ1) is 22.7. The van der Waals surface area contributed by atoms with Gasteiger partial charge in [-0.2, -0.15) is 6.08 Å². The van der Waals surface area contributed by atoms with Gasteiger partial charge in [0.05, 0.1) is 0 Å². The predicted molar refractivity (Wildman–Crippen MR) is 198 cm³/mol. The van der Waals surface area contributed by atoms with Gasteiger partial charge in [0.25, 0.3) is 0 Å². The molecule has 4 bridgehead atoms. The molecule has 0 heterocycles. The molecule has 49 heavy (non-hydrogen) atoms. The summed E-state index contributed by atoms with van der Waals surface area (Å²) in [5, 5.41) is 5.33. The van der Waals surface area contributed by atoms with Crippen LogP contribution in [0.15, 0.2) is 121 Å². The molecule has 0 atom stereocenters. The van der Waals surface area contributed by atoms with Gasteiger partial charge in [-0.25, -0.2) is 12.2 Å². The Morgan fingerprint density at radius 1 is 0.592 bits per heavy atom. The number of rotatable bonds is 4. The molecular formula is C46H48Cl2Ti-2. The van der Waals surface area contributed by atoms with Crippen LogP contribution in [0, 0.1) is 29.7 Å². The van der Waals surface area contributed by atoms with Crippen molar-refractivity contribution in [3.05, 3.63) is 150 Å². The molecule has 0 aliphatic heterocycles. The maximum atomic E-state index is 2.99. The molecule has 0 radical (unpaired) electrons. The van der Waals surface area contributed by atoms with Crippen LogP contribution in [0.4, 0.5) is 0 Å². The van der Waals surface area contributed by atoms with Crippen molar-refractivity contribution in [1.82, 2.24) is 0 Å². The third-order valence-corrected chi connectivity index (χ3v) is 13.0. The van der Waals surface area contributed by atoms with E-state index in [0.717, 1.165) is 30.1 Å². The number of halogens is 2. The van der Waals surface area contributed by atoms with Gasteiger partial charge in [0, 0.05) is 10.8 Å². The third kappa shape index (κ3) is 7.84. The van der Waals surface area contributed by atoms with Crippen LogP contribution in [0.2, 0.25) is 0 Å². The third-order valence-electron chi connectivity index (χ3n) is 11.7. The molecule has 10 rings (SSSR count). The molecule has 0 N–H and O–H groups in total. The molecule has 5 aromatic rings. The van der Waals surface area contributed by atoms with Crippen molar-refractivity contribution in [3.8, 4) is 0 Å². The van der Waals surface area contributed by atoms with E-state index in [-0.39, 0.29) is 35.6 Å². The molecule has 0 amide bonds. The quantitative estimate of drug-likeness (QED) is 0.162. The molecule has 3 heteroatoms.